The summed E-state index contributed by atoms with van der Waals surface area (Å²) in [6, 6.07) is 8.12. The van der Waals surface area contributed by atoms with Gasteiger partial charge < -0.3 is 5.32 Å². The Bertz CT molecular complexity index is 446. The molecule has 96 valence electrons. The van der Waals surface area contributed by atoms with E-state index in [0.717, 1.165) is 16.8 Å². The molecule has 0 unspecified atom stereocenters. The van der Waals surface area contributed by atoms with E-state index in [2.05, 4.69) is 17.9 Å². The Morgan fingerprint density at radius 1 is 1.28 bits per heavy atom. The smallest absolute Gasteiger partial charge is 0.133 e. The summed E-state index contributed by atoms with van der Waals surface area (Å²) < 4.78 is 0. The molecule has 0 bridgehead atoms. The highest BCUT2D eigenvalue weighted by Gasteiger charge is 1.91. The van der Waals surface area contributed by atoms with Gasteiger partial charge in [-0.3, -0.25) is 4.79 Å². The fourth-order valence-electron chi connectivity index (χ4n) is 1.40. The second-order valence-corrected chi connectivity index (χ2v) is 4.46. The number of carbonyl (C=O) groups excluding carboxylic acids is 1. The fourth-order valence-corrected chi connectivity index (χ4v) is 1.59. The third kappa shape index (κ3) is 5.73. The van der Waals surface area contributed by atoms with Gasteiger partial charge in [-0.05, 0) is 31.5 Å². The second kappa shape index (κ2) is 7.77. The third-order valence-electron chi connectivity index (χ3n) is 2.44. The van der Waals surface area contributed by atoms with Crippen LogP contribution >= 0.6 is 12.6 Å². The van der Waals surface area contributed by atoms with Crippen LogP contribution < -0.4 is 5.32 Å². The van der Waals surface area contributed by atoms with E-state index >= 15 is 0 Å². The number of anilines is 1. The molecular formula is C15H19NOS. The van der Waals surface area contributed by atoms with Crippen LogP contribution in [0.1, 0.15) is 25.8 Å². The number of carbonyl (C=O) groups is 1. The Hall–Kier alpha value is -1.48. The van der Waals surface area contributed by atoms with Crippen molar-refractivity contribution in [3.05, 3.63) is 47.6 Å². The van der Waals surface area contributed by atoms with Crippen LogP contribution in [-0.4, -0.2) is 11.7 Å². The molecular weight excluding hydrogens is 242 g/mol. The summed E-state index contributed by atoms with van der Waals surface area (Å²) in [6.07, 6.45) is 6.50. The Morgan fingerprint density at radius 3 is 2.50 bits per heavy atom. The van der Waals surface area contributed by atoms with Gasteiger partial charge in [0.05, 0.1) is 5.88 Å². The molecule has 18 heavy (non-hydrogen) atoms. The molecule has 0 fully saturated rings. The largest absolute Gasteiger partial charge is 0.376 e. The Balaban J connectivity index is 2.61. The molecule has 0 saturated heterocycles. The maximum absolute atomic E-state index is 10.8. The lowest BCUT2D eigenvalue weighted by Gasteiger charge is -2.02. The number of thiol groups is 1. The monoisotopic (exact) mass is 261 g/mol. The van der Waals surface area contributed by atoms with E-state index in [9.17, 15) is 4.79 Å². The van der Waals surface area contributed by atoms with Crippen LogP contribution in [0.5, 0.6) is 0 Å². The molecule has 1 N–H and O–H groups in total. The first-order valence-corrected chi connectivity index (χ1v) is 6.54. The van der Waals surface area contributed by atoms with E-state index in [-0.39, 0.29) is 5.78 Å². The van der Waals surface area contributed by atoms with Gasteiger partial charge in [-0.15, -0.1) is 0 Å². The molecule has 2 nitrogen and oxygen atoms in total. The molecule has 0 aromatic heterocycles. The van der Waals surface area contributed by atoms with Gasteiger partial charge >= 0.3 is 0 Å². The quantitative estimate of drug-likeness (QED) is 0.461. The molecule has 3 heteroatoms. The Morgan fingerprint density at radius 2 is 1.94 bits per heavy atom. The van der Waals surface area contributed by atoms with Gasteiger partial charge in [-0.2, -0.15) is 12.6 Å². The first-order valence-electron chi connectivity index (χ1n) is 5.91. The van der Waals surface area contributed by atoms with E-state index in [1.807, 2.05) is 49.4 Å². The zero-order chi connectivity index (χ0) is 13.4. The zero-order valence-corrected chi connectivity index (χ0v) is 11.7. The third-order valence-corrected chi connectivity index (χ3v) is 2.60. The minimum Gasteiger partial charge on any atom is -0.376 e. The van der Waals surface area contributed by atoms with Crippen LogP contribution in [0, 0.1) is 0 Å². The molecule has 0 aliphatic carbocycles. The van der Waals surface area contributed by atoms with E-state index in [1.54, 1.807) is 6.92 Å². The summed E-state index contributed by atoms with van der Waals surface area (Å²) in [5.41, 5.74) is 3.30. The summed E-state index contributed by atoms with van der Waals surface area (Å²) in [6.45, 7) is 3.59. The predicted molar refractivity (Wildman–Crippen MR) is 82.0 cm³/mol. The molecule has 0 aliphatic rings. The summed E-state index contributed by atoms with van der Waals surface area (Å²) in [5, 5.41) is 3.12. The average Bonchev–Trinajstić information content (AvgIpc) is 2.36. The number of allylic oxidation sites excluding steroid dienone is 3. The summed E-state index contributed by atoms with van der Waals surface area (Å²) in [7, 11) is 0. The Labute approximate surface area is 114 Å². The molecule has 0 aliphatic heterocycles. The lowest BCUT2D eigenvalue weighted by Crippen LogP contribution is -1.93. The number of rotatable bonds is 6. The molecule has 0 spiro atoms. The van der Waals surface area contributed by atoms with Gasteiger partial charge in [0.25, 0.3) is 0 Å². The molecule has 0 amide bonds. The zero-order valence-electron chi connectivity index (χ0n) is 10.8. The normalized spacial score (nSPS) is 11.8. The van der Waals surface area contributed by atoms with Crippen molar-refractivity contribution >= 4 is 30.2 Å². The van der Waals surface area contributed by atoms with Crippen molar-refractivity contribution in [2.24, 2.45) is 0 Å². The van der Waals surface area contributed by atoms with E-state index < -0.39 is 0 Å². The van der Waals surface area contributed by atoms with Crippen molar-refractivity contribution in [2.45, 2.75) is 20.3 Å². The van der Waals surface area contributed by atoms with Gasteiger partial charge in [0.15, 0.2) is 0 Å². The number of benzene rings is 1. The number of hydrogen-bond donors (Lipinski definition) is 2. The summed E-state index contributed by atoms with van der Waals surface area (Å²) in [5.74, 6) is 0.812. The van der Waals surface area contributed by atoms with Gasteiger partial charge in [0, 0.05) is 12.1 Å². The summed E-state index contributed by atoms with van der Waals surface area (Å²) in [4.78, 5) is 10.8. The van der Waals surface area contributed by atoms with Crippen LogP contribution in [0.2, 0.25) is 0 Å². The second-order valence-electron chi connectivity index (χ2n) is 4.14. The van der Waals surface area contributed by atoms with E-state index in [0.29, 0.717) is 12.3 Å². The molecule has 0 saturated carbocycles. The maximum atomic E-state index is 10.8. The van der Waals surface area contributed by atoms with Crippen LogP contribution in [0.3, 0.4) is 0 Å². The first-order chi connectivity index (χ1) is 8.61. The van der Waals surface area contributed by atoms with Crippen LogP contribution in [-0.2, 0) is 4.79 Å². The van der Waals surface area contributed by atoms with Crippen LogP contribution in [0.25, 0.3) is 6.08 Å². The number of nitrogens with one attached hydrogen (secondary N) is 1. The average molecular weight is 261 g/mol. The van der Waals surface area contributed by atoms with Crippen molar-refractivity contribution in [1.29, 1.82) is 0 Å². The highest BCUT2D eigenvalue weighted by Crippen LogP contribution is 2.12. The van der Waals surface area contributed by atoms with Gasteiger partial charge in [-0.1, -0.05) is 35.9 Å². The molecule has 1 aromatic rings. The highest BCUT2D eigenvalue weighted by molar-refractivity contribution is 7.80. The molecule has 1 rings (SSSR count). The van der Waals surface area contributed by atoms with Crippen molar-refractivity contribution in [2.75, 3.05) is 11.2 Å². The number of ketones is 1. The maximum Gasteiger partial charge on any atom is 0.133 e. The van der Waals surface area contributed by atoms with Crippen LogP contribution in [0.4, 0.5) is 5.69 Å². The van der Waals surface area contributed by atoms with Crippen molar-refractivity contribution in [1.82, 2.24) is 0 Å². The fraction of sp³-hybridized carbons (Fsp3) is 0.267. The van der Waals surface area contributed by atoms with Gasteiger partial charge in [0.1, 0.15) is 5.78 Å². The number of Topliss-reactive ketones (excluding diaryl/α,β-unsaturated/α-hetero) is 1. The highest BCUT2D eigenvalue weighted by atomic mass is 32.1. The van der Waals surface area contributed by atoms with Gasteiger partial charge in [0.2, 0.25) is 0 Å². The van der Waals surface area contributed by atoms with Gasteiger partial charge in [-0.25, -0.2) is 0 Å². The van der Waals surface area contributed by atoms with Crippen molar-refractivity contribution < 1.29 is 4.79 Å². The van der Waals surface area contributed by atoms with Crippen molar-refractivity contribution in [3.8, 4) is 0 Å². The van der Waals surface area contributed by atoms with Crippen molar-refractivity contribution in [3.63, 3.8) is 0 Å². The van der Waals surface area contributed by atoms with E-state index in [1.165, 1.54) is 0 Å². The molecule has 0 radical (unpaired) electrons. The number of hydrogen-bond acceptors (Lipinski definition) is 3. The topological polar surface area (TPSA) is 29.1 Å². The van der Waals surface area contributed by atoms with E-state index in [4.69, 9.17) is 0 Å². The first kappa shape index (κ1) is 14.6. The summed E-state index contributed by atoms with van der Waals surface area (Å²) >= 11 is 4.11. The lowest BCUT2D eigenvalue weighted by atomic mass is 10.1. The SMILES string of the molecule is CC(=O)C/C=C(C)/C=C/c1ccc(NCS)cc1. The predicted octanol–water partition coefficient (Wildman–Crippen LogP) is 3.92. The molecule has 0 heterocycles. The Kier molecular flexibility index (Phi) is 6.29. The van der Waals surface area contributed by atoms with Crippen LogP contribution in [0.15, 0.2) is 42.0 Å². The molecule has 1 aromatic carbocycles. The standard InChI is InChI=1S/C15H19NOS/c1-12(3-5-13(2)17)4-6-14-7-9-15(10-8-14)16-11-18/h3-4,6-10,16,18H,5,11H2,1-2H3/b6-4+,12-3+. The minimum atomic E-state index is 0.185. The lowest BCUT2D eigenvalue weighted by molar-refractivity contribution is -0.116. The molecule has 0 atom stereocenters. The minimum absolute atomic E-state index is 0.185.